The first-order valence-corrected chi connectivity index (χ1v) is 8.14. The van der Waals surface area contributed by atoms with Crippen molar-refractivity contribution < 1.29 is 18.0 Å². The Morgan fingerprint density at radius 1 is 0.962 bits per heavy atom. The summed E-state index contributed by atoms with van der Waals surface area (Å²) in [7, 11) is 3.87. The molecule has 1 N–H and O–H groups in total. The quantitative estimate of drug-likeness (QED) is 0.783. The van der Waals surface area contributed by atoms with E-state index in [1.165, 1.54) is 12.1 Å². The van der Waals surface area contributed by atoms with Crippen molar-refractivity contribution in [2.75, 3.05) is 27.2 Å². The second kappa shape index (κ2) is 8.67. The van der Waals surface area contributed by atoms with Crippen molar-refractivity contribution in [1.29, 1.82) is 0 Å². The number of halogens is 3. The monoisotopic (exact) mass is 362 g/mol. The molecule has 3 nitrogen and oxygen atoms in total. The maximum absolute atomic E-state index is 12.5. The highest BCUT2D eigenvalue weighted by Gasteiger charge is 2.29. The fraction of sp³-hybridized carbons (Fsp3) is 0.250. The van der Waals surface area contributed by atoms with Crippen LogP contribution in [0.2, 0.25) is 0 Å². The Labute approximate surface area is 151 Å². The Kier molecular flexibility index (Phi) is 6.58. The normalized spacial score (nSPS) is 11.9. The minimum atomic E-state index is -4.33. The summed E-state index contributed by atoms with van der Waals surface area (Å²) in [5.41, 5.74) is 1.42. The molecule has 0 aliphatic carbocycles. The zero-order valence-corrected chi connectivity index (χ0v) is 14.7. The van der Waals surface area contributed by atoms with Crippen LogP contribution >= 0.6 is 0 Å². The molecule has 0 spiro atoms. The van der Waals surface area contributed by atoms with Crippen molar-refractivity contribution in [2.24, 2.45) is 0 Å². The molecule has 0 atom stereocenters. The van der Waals surface area contributed by atoms with Crippen LogP contribution in [-0.4, -0.2) is 38.0 Å². The van der Waals surface area contributed by atoms with Gasteiger partial charge in [-0.15, -0.1) is 0 Å². The summed E-state index contributed by atoms with van der Waals surface area (Å²) in [5.74, 6) is -0.134. The van der Waals surface area contributed by atoms with Crippen LogP contribution in [0.3, 0.4) is 0 Å². The van der Waals surface area contributed by atoms with Gasteiger partial charge in [-0.1, -0.05) is 36.4 Å². The fourth-order valence-electron chi connectivity index (χ4n) is 2.22. The van der Waals surface area contributed by atoms with Crippen LogP contribution in [0.15, 0.2) is 48.5 Å². The average Bonchev–Trinajstić information content (AvgIpc) is 2.59. The Balaban J connectivity index is 1.96. The molecule has 0 saturated heterocycles. The number of carbonyl (C=O) groups is 1. The van der Waals surface area contributed by atoms with Gasteiger partial charge in [-0.25, -0.2) is 0 Å². The lowest BCUT2D eigenvalue weighted by molar-refractivity contribution is -0.137. The largest absolute Gasteiger partial charge is 0.416 e. The highest BCUT2D eigenvalue weighted by Crippen LogP contribution is 2.29. The highest BCUT2D eigenvalue weighted by atomic mass is 19.4. The SMILES string of the molecule is CN(C)CCNC(=O)c1ccc(/C=C/c2ccc(C(F)(F)F)cc2)cc1. The average molecular weight is 362 g/mol. The third-order valence-corrected chi connectivity index (χ3v) is 3.72. The molecular formula is C20H21F3N2O. The van der Waals surface area contributed by atoms with Crippen LogP contribution in [0.25, 0.3) is 12.2 Å². The van der Waals surface area contributed by atoms with Crippen LogP contribution in [0.5, 0.6) is 0 Å². The minimum Gasteiger partial charge on any atom is -0.351 e. The molecule has 138 valence electrons. The van der Waals surface area contributed by atoms with E-state index >= 15 is 0 Å². The molecule has 0 saturated carbocycles. The van der Waals surface area contributed by atoms with E-state index in [2.05, 4.69) is 5.32 Å². The summed E-state index contributed by atoms with van der Waals surface area (Å²) in [4.78, 5) is 14.0. The number of hydrogen-bond donors (Lipinski definition) is 1. The lowest BCUT2D eigenvalue weighted by atomic mass is 10.1. The van der Waals surface area contributed by atoms with Crippen molar-refractivity contribution in [3.8, 4) is 0 Å². The van der Waals surface area contributed by atoms with Crippen LogP contribution < -0.4 is 5.32 Å². The van der Waals surface area contributed by atoms with Gasteiger partial charge in [-0.05, 0) is 49.5 Å². The number of rotatable bonds is 6. The summed E-state index contributed by atoms with van der Waals surface area (Å²) in [6.45, 7) is 1.33. The predicted molar refractivity (Wildman–Crippen MR) is 97.7 cm³/mol. The Morgan fingerprint density at radius 2 is 1.46 bits per heavy atom. The number of nitrogens with one attached hydrogen (secondary N) is 1. The molecule has 26 heavy (non-hydrogen) atoms. The van der Waals surface area contributed by atoms with Crippen LogP contribution in [-0.2, 0) is 6.18 Å². The van der Waals surface area contributed by atoms with E-state index in [-0.39, 0.29) is 5.91 Å². The maximum atomic E-state index is 12.5. The molecular weight excluding hydrogens is 341 g/mol. The van der Waals surface area contributed by atoms with Crippen LogP contribution in [0.4, 0.5) is 13.2 Å². The van der Waals surface area contributed by atoms with E-state index < -0.39 is 11.7 Å². The van der Waals surface area contributed by atoms with E-state index in [4.69, 9.17) is 0 Å². The smallest absolute Gasteiger partial charge is 0.351 e. The van der Waals surface area contributed by atoms with Crippen molar-refractivity contribution in [3.05, 3.63) is 70.8 Å². The molecule has 2 aromatic carbocycles. The van der Waals surface area contributed by atoms with Gasteiger partial charge in [0.05, 0.1) is 5.56 Å². The Hall–Kier alpha value is -2.60. The lowest BCUT2D eigenvalue weighted by Crippen LogP contribution is -2.31. The van der Waals surface area contributed by atoms with Gasteiger partial charge in [0.25, 0.3) is 5.91 Å². The fourth-order valence-corrected chi connectivity index (χ4v) is 2.22. The molecule has 2 aromatic rings. The molecule has 0 fully saturated rings. The standard InChI is InChI=1S/C20H21F3N2O/c1-25(2)14-13-24-19(26)17-9-5-15(6-10-17)3-4-16-7-11-18(12-8-16)20(21,22)23/h3-12H,13-14H2,1-2H3,(H,24,26)/b4-3+. The summed E-state index contributed by atoms with van der Waals surface area (Å²) >= 11 is 0. The highest BCUT2D eigenvalue weighted by molar-refractivity contribution is 5.94. The zero-order valence-electron chi connectivity index (χ0n) is 14.7. The summed E-state index contributed by atoms with van der Waals surface area (Å²) in [6.07, 6.45) is -0.812. The predicted octanol–water partition coefficient (Wildman–Crippen LogP) is 4.17. The second-order valence-corrected chi connectivity index (χ2v) is 6.13. The van der Waals surface area contributed by atoms with Crippen molar-refractivity contribution in [3.63, 3.8) is 0 Å². The van der Waals surface area contributed by atoms with E-state index in [0.29, 0.717) is 17.7 Å². The summed E-state index contributed by atoms with van der Waals surface area (Å²) in [6, 6.07) is 12.0. The first-order valence-electron chi connectivity index (χ1n) is 8.14. The molecule has 0 aliphatic rings. The number of benzene rings is 2. The summed E-state index contributed by atoms with van der Waals surface area (Å²) in [5, 5.41) is 2.83. The first-order chi connectivity index (χ1) is 12.3. The van der Waals surface area contributed by atoms with E-state index in [1.54, 1.807) is 36.4 Å². The van der Waals surface area contributed by atoms with Crippen molar-refractivity contribution in [2.45, 2.75) is 6.18 Å². The number of nitrogens with zero attached hydrogens (tertiary/aromatic N) is 1. The molecule has 1 amide bonds. The molecule has 0 aliphatic heterocycles. The lowest BCUT2D eigenvalue weighted by Gasteiger charge is -2.10. The minimum absolute atomic E-state index is 0.134. The third kappa shape index (κ3) is 6.04. The van der Waals surface area contributed by atoms with Gasteiger partial charge in [-0.2, -0.15) is 13.2 Å². The number of amides is 1. The molecule has 0 radical (unpaired) electrons. The van der Waals surface area contributed by atoms with Gasteiger partial charge in [0.2, 0.25) is 0 Å². The number of carbonyl (C=O) groups excluding carboxylic acids is 1. The molecule has 0 aromatic heterocycles. The Morgan fingerprint density at radius 3 is 1.92 bits per heavy atom. The molecule has 0 bridgehead atoms. The number of hydrogen-bond acceptors (Lipinski definition) is 2. The van der Waals surface area contributed by atoms with Gasteiger partial charge in [0.1, 0.15) is 0 Å². The van der Waals surface area contributed by atoms with Gasteiger partial charge < -0.3 is 10.2 Å². The van der Waals surface area contributed by atoms with Crippen LogP contribution in [0.1, 0.15) is 27.0 Å². The van der Waals surface area contributed by atoms with Gasteiger partial charge in [0.15, 0.2) is 0 Å². The first kappa shape index (κ1) is 19.7. The van der Waals surface area contributed by atoms with E-state index in [1.807, 2.05) is 19.0 Å². The zero-order chi connectivity index (χ0) is 19.2. The summed E-state index contributed by atoms with van der Waals surface area (Å²) < 4.78 is 37.6. The number of alkyl halides is 3. The van der Waals surface area contributed by atoms with E-state index in [0.717, 1.165) is 24.2 Å². The Bertz CT molecular complexity index is 748. The van der Waals surface area contributed by atoms with Gasteiger partial charge in [-0.3, -0.25) is 4.79 Å². The van der Waals surface area contributed by atoms with Gasteiger partial charge in [0, 0.05) is 18.7 Å². The molecule has 2 rings (SSSR count). The van der Waals surface area contributed by atoms with Crippen LogP contribution in [0, 0.1) is 0 Å². The second-order valence-electron chi connectivity index (χ2n) is 6.13. The molecule has 0 unspecified atom stereocenters. The maximum Gasteiger partial charge on any atom is 0.416 e. The molecule has 0 heterocycles. The number of likely N-dealkylation sites (N-methyl/N-ethyl adjacent to an activating group) is 1. The van der Waals surface area contributed by atoms with Gasteiger partial charge >= 0.3 is 6.18 Å². The molecule has 6 heteroatoms. The van der Waals surface area contributed by atoms with E-state index in [9.17, 15) is 18.0 Å². The van der Waals surface area contributed by atoms with Crippen molar-refractivity contribution >= 4 is 18.1 Å². The third-order valence-electron chi connectivity index (χ3n) is 3.72. The van der Waals surface area contributed by atoms with Crippen molar-refractivity contribution in [1.82, 2.24) is 10.2 Å². The topological polar surface area (TPSA) is 32.3 Å².